The van der Waals surface area contributed by atoms with Crippen molar-refractivity contribution >= 4 is 23.8 Å². The number of hydrogen-bond donors (Lipinski definition) is 4. The summed E-state index contributed by atoms with van der Waals surface area (Å²) in [4.78, 5) is 44.6. The van der Waals surface area contributed by atoms with Crippen molar-refractivity contribution < 1.29 is 29.4 Å². The summed E-state index contributed by atoms with van der Waals surface area (Å²) in [5, 5.41) is 21.9. The highest BCUT2D eigenvalue weighted by Gasteiger charge is 2.24. The molecule has 0 aliphatic heterocycles. The van der Waals surface area contributed by atoms with Crippen molar-refractivity contribution in [3.05, 3.63) is 0 Å². The maximum absolute atomic E-state index is 11.8. The van der Waals surface area contributed by atoms with Gasteiger partial charge in [0.05, 0.1) is 5.92 Å². The summed E-state index contributed by atoms with van der Waals surface area (Å²) in [6, 6.07) is -0.850. The quantitative estimate of drug-likeness (QED) is 0.467. The number of carbonyl (C=O) groups excluding carboxylic acids is 2. The van der Waals surface area contributed by atoms with Crippen LogP contribution < -0.4 is 10.6 Å². The fourth-order valence-electron chi connectivity index (χ4n) is 1.52. The third-order valence-corrected chi connectivity index (χ3v) is 2.91. The van der Waals surface area contributed by atoms with Crippen LogP contribution in [0.3, 0.4) is 0 Å². The van der Waals surface area contributed by atoms with Crippen LogP contribution in [-0.2, 0) is 19.2 Å². The van der Waals surface area contributed by atoms with E-state index in [-0.39, 0.29) is 18.8 Å². The molecule has 0 rings (SSSR count). The monoisotopic (exact) mass is 302 g/mol. The number of carbonyl (C=O) groups is 4. The van der Waals surface area contributed by atoms with Crippen LogP contribution in [-0.4, -0.2) is 46.6 Å². The summed E-state index contributed by atoms with van der Waals surface area (Å²) >= 11 is 0. The van der Waals surface area contributed by atoms with Crippen molar-refractivity contribution in [1.82, 2.24) is 10.6 Å². The molecule has 0 aliphatic carbocycles. The first-order valence-electron chi connectivity index (χ1n) is 6.66. The molecule has 0 fully saturated rings. The Hall–Kier alpha value is -2.12. The van der Waals surface area contributed by atoms with Gasteiger partial charge < -0.3 is 20.8 Å². The zero-order chi connectivity index (χ0) is 16.6. The Morgan fingerprint density at radius 3 is 2.05 bits per heavy atom. The van der Waals surface area contributed by atoms with Crippen LogP contribution >= 0.6 is 0 Å². The first-order chi connectivity index (χ1) is 9.65. The number of amides is 2. The van der Waals surface area contributed by atoms with E-state index in [2.05, 4.69) is 10.6 Å². The molecule has 120 valence electrons. The molecule has 1 unspecified atom stereocenters. The Labute approximate surface area is 122 Å². The van der Waals surface area contributed by atoms with E-state index in [0.717, 1.165) is 0 Å². The maximum atomic E-state index is 11.8. The van der Waals surface area contributed by atoms with Crippen LogP contribution in [0.15, 0.2) is 0 Å². The summed E-state index contributed by atoms with van der Waals surface area (Å²) in [7, 11) is 0. The smallest absolute Gasteiger partial charge is 0.322 e. The van der Waals surface area contributed by atoms with Crippen molar-refractivity contribution in [2.24, 2.45) is 11.8 Å². The van der Waals surface area contributed by atoms with E-state index in [1.54, 1.807) is 13.8 Å². The molecule has 0 aromatic heterocycles. The van der Waals surface area contributed by atoms with Gasteiger partial charge in [-0.05, 0) is 12.3 Å². The topological polar surface area (TPSA) is 133 Å². The van der Waals surface area contributed by atoms with E-state index >= 15 is 0 Å². The van der Waals surface area contributed by atoms with Gasteiger partial charge in [-0.25, -0.2) is 0 Å². The van der Waals surface area contributed by atoms with Gasteiger partial charge in [0.15, 0.2) is 0 Å². The minimum Gasteiger partial charge on any atom is -0.481 e. The first-order valence-corrected chi connectivity index (χ1v) is 6.66. The van der Waals surface area contributed by atoms with Crippen LogP contribution in [0.5, 0.6) is 0 Å². The Balaban J connectivity index is 4.43. The summed E-state index contributed by atoms with van der Waals surface area (Å²) in [6.07, 6.45) is 0.158. The van der Waals surface area contributed by atoms with E-state index in [1.807, 2.05) is 0 Å². The number of hydrogen-bond acceptors (Lipinski definition) is 4. The zero-order valence-electron chi connectivity index (χ0n) is 12.4. The van der Waals surface area contributed by atoms with Gasteiger partial charge in [-0.2, -0.15) is 0 Å². The van der Waals surface area contributed by atoms with Gasteiger partial charge in [-0.3, -0.25) is 19.2 Å². The summed E-state index contributed by atoms with van der Waals surface area (Å²) in [6.45, 7) is 4.40. The Kier molecular flexibility index (Phi) is 8.03. The number of carboxylic acids is 2. The van der Waals surface area contributed by atoms with Crippen LogP contribution in [0.25, 0.3) is 0 Å². The van der Waals surface area contributed by atoms with Crippen molar-refractivity contribution in [2.45, 2.75) is 39.7 Å². The van der Waals surface area contributed by atoms with Gasteiger partial charge in [0.25, 0.3) is 0 Å². The Bertz CT molecular complexity index is 407. The van der Waals surface area contributed by atoms with Gasteiger partial charge in [0, 0.05) is 6.42 Å². The molecular formula is C13H22N2O6. The molecule has 0 aliphatic rings. The minimum absolute atomic E-state index is 0.0110. The summed E-state index contributed by atoms with van der Waals surface area (Å²) in [5.74, 6) is -4.04. The lowest BCUT2D eigenvalue weighted by Gasteiger charge is -2.21. The predicted molar refractivity (Wildman–Crippen MR) is 73.4 cm³/mol. The van der Waals surface area contributed by atoms with Gasteiger partial charge in [0.2, 0.25) is 11.8 Å². The first kappa shape index (κ1) is 18.9. The molecule has 2 amide bonds. The lowest BCUT2D eigenvalue weighted by molar-refractivity contribution is -0.141. The molecule has 0 bridgehead atoms. The average Bonchev–Trinajstić information content (AvgIpc) is 2.38. The van der Waals surface area contributed by atoms with Crippen LogP contribution in [0.4, 0.5) is 0 Å². The van der Waals surface area contributed by atoms with Crippen molar-refractivity contribution in [3.63, 3.8) is 0 Å². The molecule has 21 heavy (non-hydrogen) atoms. The fraction of sp³-hybridized carbons (Fsp3) is 0.692. The predicted octanol–water partition coefficient (Wildman–Crippen LogP) is -0.171. The fourth-order valence-corrected chi connectivity index (χ4v) is 1.52. The second-order valence-corrected chi connectivity index (χ2v) is 5.18. The second kappa shape index (κ2) is 8.93. The zero-order valence-corrected chi connectivity index (χ0v) is 12.4. The molecule has 0 aromatic rings. The lowest BCUT2D eigenvalue weighted by Crippen LogP contribution is -2.50. The van der Waals surface area contributed by atoms with Gasteiger partial charge in [-0.15, -0.1) is 0 Å². The third-order valence-electron chi connectivity index (χ3n) is 2.91. The van der Waals surface area contributed by atoms with E-state index in [9.17, 15) is 19.2 Å². The molecule has 8 heteroatoms. The number of aliphatic carboxylic acids is 2. The summed E-state index contributed by atoms with van der Waals surface area (Å²) in [5.41, 5.74) is 0. The van der Waals surface area contributed by atoms with Crippen LogP contribution in [0, 0.1) is 11.8 Å². The molecule has 0 aromatic carbocycles. The van der Waals surface area contributed by atoms with Crippen molar-refractivity contribution in [1.29, 1.82) is 0 Å². The molecule has 0 saturated carbocycles. The number of carboxylic acid groups (broad SMARTS) is 2. The molecule has 2 atom stereocenters. The Morgan fingerprint density at radius 1 is 1.05 bits per heavy atom. The largest absolute Gasteiger partial charge is 0.481 e. The second-order valence-electron chi connectivity index (χ2n) is 5.18. The third kappa shape index (κ3) is 7.91. The molecule has 0 spiro atoms. The van der Waals surface area contributed by atoms with E-state index in [1.165, 1.54) is 6.92 Å². The molecule has 4 N–H and O–H groups in total. The molecular weight excluding hydrogens is 280 g/mol. The number of nitrogens with one attached hydrogen (secondary N) is 2. The highest BCUT2D eigenvalue weighted by Crippen LogP contribution is 2.07. The maximum Gasteiger partial charge on any atom is 0.322 e. The van der Waals surface area contributed by atoms with Crippen LogP contribution in [0.1, 0.15) is 33.6 Å². The van der Waals surface area contributed by atoms with Gasteiger partial charge in [-0.1, -0.05) is 20.8 Å². The molecule has 0 radical (unpaired) electrons. The van der Waals surface area contributed by atoms with E-state index in [0.29, 0.717) is 0 Å². The normalized spacial score (nSPS) is 13.3. The lowest BCUT2D eigenvalue weighted by atomic mass is 10.0. The van der Waals surface area contributed by atoms with Crippen molar-refractivity contribution in [2.75, 3.05) is 6.54 Å². The number of rotatable bonds is 9. The highest BCUT2D eigenvalue weighted by atomic mass is 16.4. The van der Waals surface area contributed by atoms with E-state index in [4.69, 9.17) is 10.2 Å². The molecule has 0 saturated heterocycles. The molecule has 8 nitrogen and oxygen atoms in total. The highest BCUT2D eigenvalue weighted by molar-refractivity contribution is 5.89. The SMILES string of the molecule is CC(C)C(NC(=O)CC[C@H](C)C(=O)O)C(=O)NCC(=O)O. The van der Waals surface area contributed by atoms with E-state index < -0.39 is 42.3 Å². The Morgan fingerprint density at radius 2 is 1.62 bits per heavy atom. The summed E-state index contributed by atoms with van der Waals surface area (Å²) < 4.78 is 0. The standard InChI is InChI=1S/C13H22N2O6/c1-7(2)11(12(19)14-6-10(17)18)15-9(16)5-4-8(3)13(20)21/h7-8,11H,4-6H2,1-3H3,(H,14,19)(H,15,16)(H,17,18)(H,20,21)/t8-,11?/m0/s1. The molecule has 0 heterocycles. The van der Waals surface area contributed by atoms with Gasteiger partial charge in [0.1, 0.15) is 12.6 Å². The van der Waals surface area contributed by atoms with Crippen LogP contribution in [0.2, 0.25) is 0 Å². The van der Waals surface area contributed by atoms with Gasteiger partial charge >= 0.3 is 11.9 Å². The minimum atomic E-state index is -1.17. The van der Waals surface area contributed by atoms with Crippen molar-refractivity contribution in [3.8, 4) is 0 Å². The average molecular weight is 302 g/mol.